The third kappa shape index (κ3) is 4.10. The standard InChI is InChI=1S/C22H19N3O2S/c23-14-22(8-9-22)12-17(26)13-24-20(27)11-21-25-18-7-6-16(10-19(18)28-21)15-4-2-1-3-5-15/h1-7,10H,8-9,11-13H2,(H,24,27). The monoisotopic (exact) mass is 389 g/mol. The van der Waals surface area contributed by atoms with Gasteiger partial charge in [0.2, 0.25) is 5.91 Å². The minimum Gasteiger partial charge on any atom is -0.349 e. The fourth-order valence-electron chi connectivity index (χ4n) is 3.17. The number of nitrogens with zero attached hydrogens (tertiary/aromatic N) is 2. The smallest absolute Gasteiger partial charge is 0.227 e. The molecule has 1 aliphatic rings. The van der Waals surface area contributed by atoms with Crippen LogP contribution in [0.3, 0.4) is 0 Å². The summed E-state index contributed by atoms with van der Waals surface area (Å²) >= 11 is 1.49. The number of nitriles is 1. The number of amides is 1. The summed E-state index contributed by atoms with van der Waals surface area (Å²) < 4.78 is 1.03. The van der Waals surface area contributed by atoms with E-state index in [1.807, 2.05) is 30.3 Å². The summed E-state index contributed by atoms with van der Waals surface area (Å²) in [6, 6.07) is 18.4. The fraction of sp³-hybridized carbons (Fsp3) is 0.273. The van der Waals surface area contributed by atoms with Gasteiger partial charge in [-0.15, -0.1) is 11.3 Å². The topological polar surface area (TPSA) is 82.9 Å². The lowest BCUT2D eigenvalue weighted by Crippen LogP contribution is -2.31. The molecule has 0 aliphatic heterocycles. The van der Waals surface area contributed by atoms with Crippen LogP contribution < -0.4 is 5.32 Å². The molecule has 0 bridgehead atoms. The van der Waals surface area contributed by atoms with Crippen molar-refractivity contribution in [3.63, 3.8) is 0 Å². The van der Waals surface area contributed by atoms with Crippen molar-refractivity contribution in [2.24, 2.45) is 5.41 Å². The van der Waals surface area contributed by atoms with Gasteiger partial charge >= 0.3 is 0 Å². The first kappa shape index (κ1) is 18.3. The molecule has 4 rings (SSSR count). The maximum atomic E-state index is 12.2. The van der Waals surface area contributed by atoms with E-state index in [2.05, 4.69) is 34.6 Å². The van der Waals surface area contributed by atoms with Crippen molar-refractivity contribution in [2.45, 2.75) is 25.7 Å². The van der Waals surface area contributed by atoms with E-state index >= 15 is 0 Å². The molecule has 1 fully saturated rings. The predicted octanol–water partition coefficient (Wildman–Crippen LogP) is 3.88. The minimum atomic E-state index is -0.467. The average Bonchev–Trinajstić information content (AvgIpc) is 3.36. The Morgan fingerprint density at radius 3 is 2.64 bits per heavy atom. The van der Waals surface area contributed by atoms with E-state index in [-0.39, 0.29) is 31.1 Å². The lowest BCUT2D eigenvalue weighted by atomic mass is 10.0. The Morgan fingerprint density at radius 1 is 1.14 bits per heavy atom. The number of thiazole rings is 1. The molecule has 0 saturated heterocycles. The minimum absolute atomic E-state index is 0.0225. The molecule has 1 N–H and O–H groups in total. The molecule has 1 aromatic heterocycles. The molecular formula is C22H19N3O2S. The number of fused-ring (bicyclic) bond motifs is 1. The summed E-state index contributed by atoms with van der Waals surface area (Å²) in [5.41, 5.74) is 2.66. The van der Waals surface area contributed by atoms with Crippen molar-refractivity contribution in [3.8, 4) is 17.2 Å². The van der Waals surface area contributed by atoms with Crippen LogP contribution in [0.2, 0.25) is 0 Å². The van der Waals surface area contributed by atoms with Crippen LogP contribution in [0.25, 0.3) is 21.3 Å². The van der Waals surface area contributed by atoms with Crippen LogP contribution in [0.1, 0.15) is 24.3 Å². The molecule has 1 heterocycles. The predicted molar refractivity (Wildman–Crippen MR) is 109 cm³/mol. The molecule has 3 aromatic rings. The van der Waals surface area contributed by atoms with Gasteiger partial charge in [0, 0.05) is 6.42 Å². The summed E-state index contributed by atoms with van der Waals surface area (Å²) in [5.74, 6) is -0.318. The van der Waals surface area contributed by atoms with Gasteiger partial charge in [-0.3, -0.25) is 9.59 Å². The second-order valence-electron chi connectivity index (χ2n) is 7.22. The first-order valence-corrected chi connectivity index (χ1v) is 10.0. The van der Waals surface area contributed by atoms with E-state index in [9.17, 15) is 9.59 Å². The number of rotatable bonds is 7. The first-order valence-electron chi connectivity index (χ1n) is 9.21. The molecule has 5 nitrogen and oxygen atoms in total. The van der Waals surface area contributed by atoms with Crippen LogP contribution in [0.15, 0.2) is 48.5 Å². The van der Waals surface area contributed by atoms with Crippen molar-refractivity contribution < 1.29 is 9.59 Å². The van der Waals surface area contributed by atoms with Crippen LogP contribution >= 0.6 is 11.3 Å². The van der Waals surface area contributed by atoms with Crippen LogP contribution in [0.4, 0.5) is 0 Å². The molecule has 0 radical (unpaired) electrons. The molecule has 0 unspecified atom stereocenters. The van der Waals surface area contributed by atoms with Gasteiger partial charge in [0.05, 0.1) is 34.7 Å². The van der Waals surface area contributed by atoms with Crippen LogP contribution in [0.5, 0.6) is 0 Å². The molecule has 6 heteroatoms. The van der Waals surface area contributed by atoms with Gasteiger partial charge in [-0.1, -0.05) is 36.4 Å². The second-order valence-corrected chi connectivity index (χ2v) is 8.33. The van der Waals surface area contributed by atoms with Gasteiger partial charge in [-0.2, -0.15) is 5.26 Å². The third-order valence-electron chi connectivity index (χ3n) is 4.96. The average molecular weight is 389 g/mol. The van der Waals surface area contributed by atoms with Gasteiger partial charge in [0.15, 0.2) is 5.78 Å². The van der Waals surface area contributed by atoms with Crippen molar-refractivity contribution in [1.29, 1.82) is 5.26 Å². The first-order chi connectivity index (χ1) is 13.6. The Labute approximate surface area is 167 Å². The number of carbonyl (C=O) groups is 2. The SMILES string of the molecule is N#CC1(CC(=O)CNC(=O)Cc2nc3ccc(-c4ccccc4)cc3s2)CC1. The number of Topliss-reactive ketones (excluding diaryl/α,β-unsaturated/α-hetero) is 1. The lowest BCUT2D eigenvalue weighted by Gasteiger charge is -2.06. The number of benzene rings is 2. The third-order valence-corrected chi connectivity index (χ3v) is 5.98. The maximum absolute atomic E-state index is 12.2. The molecule has 1 saturated carbocycles. The number of carbonyl (C=O) groups excluding carboxylic acids is 2. The van der Waals surface area contributed by atoms with Crippen LogP contribution in [0, 0.1) is 16.7 Å². The highest BCUT2D eigenvalue weighted by atomic mass is 32.1. The van der Waals surface area contributed by atoms with Gasteiger partial charge in [0.1, 0.15) is 5.01 Å². The Bertz CT molecular complexity index is 1080. The zero-order chi connectivity index (χ0) is 19.6. The van der Waals surface area contributed by atoms with E-state index in [0.29, 0.717) is 0 Å². The molecule has 1 aliphatic carbocycles. The Balaban J connectivity index is 1.37. The molecule has 0 atom stereocenters. The number of ketones is 1. The Kier molecular flexibility index (Phi) is 4.93. The fourth-order valence-corrected chi connectivity index (χ4v) is 4.18. The number of hydrogen-bond donors (Lipinski definition) is 1. The molecule has 28 heavy (non-hydrogen) atoms. The summed E-state index contributed by atoms with van der Waals surface area (Å²) in [6.45, 7) is -0.0225. The van der Waals surface area contributed by atoms with Crippen molar-refractivity contribution in [2.75, 3.05) is 6.54 Å². The zero-order valence-electron chi connectivity index (χ0n) is 15.3. The highest BCUT2D eigenvalue weighted by molar-refractivity contribution is 7.18. The van der Waals surface area contributed by atoms with Crippen molar-refractivity contribution >= 4 is 33.2 Å². The van der Waals surface area contributed by atoms with Gasteiger partial charge in [-0.05, 0) is 36.1 Å². The highest BCUT2D eigenvalue weighted by Gasteiger charge is 2.44. The van der Waals surface area contributed by atoms with E-state index in [1.54, 1.807) is 0 Å². The Morgan fingerprint density at radius 2 is 1.93 bits per heavy atom. The number of hydrogen-bond acceptors (Lipinski definition) is 5. The van der Waals surface area contributed by atoms with E-state index in [0.717, 1.165) is 39.2 Å². The molecule has 1 amide bonds. The molecule has 2 aromatic carbocycles. The highest BCUT2D eigenvalue weighted by Crippen LogP contribution is 2.48. The second kappa shape index (κ2) is 7.53. The van der Waals surface area contributed by atoms with Gasteiger partial charge in [-0.25, -0.2) is 4.98 Å². The summed E-state index contributed by atoms with van der Waals surface area (Å²) in [7, 11) is 0. The largest absolute Gasteiger partial charge is 0.349 e. The number of nitrogens with one attached hydrogen (secondary N) is 1. The number of aromatic nitrogens is 1. The van der Waals surface area contributed by atoms with E-state index < -0.39 is 5.41 Å². The van der Waals surface area contributed by atoms with Gasteiger partial charge in [0.25, 0.3) is 0 Å². The zero-order valence-corrected chi connectivity index (χ0v) is 16.1. The van der Waals surface area contributed by atoms with Crippen molar-refractivity contribution in [3.05, 3.63) is 53.5 Å². The molecule has 140 valence electrons. The van der Waals surface area contributed by atoms with Crippen molar-refractivity contribution in [1.82, 2.24) is 10.3 Å². The van der Waals surface area contributed by atoms with Gasteiger partial charge < -0.3 is 5.32 Å². The molecule has 0 spiro atoms. The Hall–Kier alpha value is -3.04. The quantitative estimate of drug-likeness (QED) is 0.665. The lowest BCUT2D eigenvalue weighted by molar-refractivity contribution is -0.125. The van der Waals surface area contributed by atoms with E-state index in [1.165, 1.54) is 11.3 Å². The van der Waals surface area contributed by atoms with E-state index in [4.69, 9.17) is 5.26 Å². The van der Waals surface area contributed by atoms with Crippen LogP contribution in [-0.2, 0) is 16.0 Å². The maximum Gasteiger partial charge on any atom is 0.227 e. The molecular weight excluding hydrogens is 370 g/mol. The normalized spacial score (nSPS) is 14.4. The summed E-state index contributed by atoms with van der Waals surface area (Å²) in [6.07, 6.45) is 1.93. The summed E-state index contributed by atoms with van der Waals surface area (Å²) in [5, 5.41) is 12.4. The van der Waals surface area contributed by atoms with Crippen LogP contribution in [-0.4, -0.2) is 23.2 Å². The summed E-state index contributed by atoms with van der Waals surface area (Å²) in [4.78, 5) is 28.6.